The molecule has 2 aromatic rings. The zero-order valence-electron chi connectivity index (χ0n) is 10.3. The molecule has 0 bridgehead atoms. The first kappa shape index (κ1) is 14.7. The Morgan fingerprint density at radius 1 is 1.24 bits per heavy atom. The molecule has 0 aromatic heterocycles. The van der Waals surface area contributed by atoms with Gasteiger partial charge in [0.2, 0.25) is 0 Å². The van der Waals surface area contributed by atoms with E-state index in [0.29, 0.717) is 5.69 Å². The van der Waals surface area contributed by atoms with E-state index in [1.807, 2.05) is 0 Å². The Balaban J connectivity index is 2.32. The van der Waals surface area contributed by atoms with Crippen LogP contribution in [0.25, 0.3) is 0 Å². The van der Waals surface area contributed by atoms with Crippen molar-refractivity contribution in [2.24, 2.45) is 0 Å². The molecule has 108 valence electrons. The molecule has 2 rings (SSSR count). The molecule has 0 aliphatic heterocycles. The number of aromatic carboxylic acids is 1. The van der Waals surface area contributed by atoms with Gasteiger partial charge in [-0.25, -0.2) is 9.18 Å². The van der Waals surface area contributed by atoms with Crippen molar-refractivity contribution in [3.63, 3.8) is 0 Å². The number of anilines is 2. The van der Waals surface area contributed by atoms with Gasteiger partial charge in [0.1, 0.15) is 5.82 Å². The van der Waals surface area contributed by atoms with Crippen molar-refractivity contribution in [1.82, 2.24) is 0 Å². The molecule has 8 heteroatoms. The highest BCUT2D eigenvalue weighted by Gasteiger charge is 2.12. The minimum Gasteiger partial charge on any atom is -0.478 e. The summed E-state index contributed by atoms with van der Waals surface area (Å²) in [5, 5.41) is 22.2. The highest BCUT2D eigenvalue weighted by Crippen LogP contribution is 2.26. The Labute approximate surface area is 122 Å². The summed E-state index contributed by atoms with van der Waals surface area (Å²) in [6.07, 6.45) is 0. The lowest BCUT2D eigenvalue weighted by Gasteiger charge is -2.08. The number of hydrogen-bond donors (Lipinski definition) is 2. The van der Waals surface area contributed by atoms with E-state index in [9.17, 15) is 19.3 Å². The molecule has 0 aliphatic carbocycles. The summed E-state index contributed by atoms with van der Waals surface area (Å²) in [6.45, 7) is 0. The lowest BCUT2D eigenvalue weighted by Crippen LogP contribution is -1.99. The molecule has 6 nitrogen and oxygen atoms in total. The Kier molecular flexibility index (Phi) is 4.04. The normalized spacial score (nSPS) is 10.2. The zero-order chi connectivity index (χ0) is 15.6. The van der Waals surface area contributed by atoms with E-state index in [1.165, 1.54) is 18.2 Å². The van der Waals surface area contributed by atoms with Gasteiger partial charge in [-0.1, -0.05) is 11.6 Å². The smallest absolute Gasteiger partial charge is 0.337 e. The fraction of sp³-hybridized carbons (Fsp3) is 0. The number of rotatable bonds is 4. The number of halogens is 2. The summed E-state index contributed by atoms with van der Waals surface area (Å²) in [4.78, 5) is 20.8. The molecule has 0 atom stereocenters. The highest BCUT2D eigenvalue weighted by atomic mass is 35.5. The van der Waals surface area contributed by atoms with Gasteiger partial charge >= 0.3 is 5.97 Å². The molecular weight excluding hydrogens is 303 g/mol. The van der Waals surface area contributed by atoms with Gasteiger partial charge in [-0.3, -0.25) is 10.1 Å². The van der Waals surface area contributed by atoms with E-state index < -0.39 is 22.4 Å². The molecule has 0 saturated carbocycles. The van der Waals surface area contributed by atoms with E-state index in [-0.39, 0.29) is 16.3 Å². The van der Waals surface area contributed by atoms with E-state index >= 15 is 0 Å². The lowest BCUT2D eigenvalue weighted by atomic mass is 10.2. The average molecular weight is 311 g/mol. The van der Waals surface area contributed by atoms with Crippen LogP contribution in [-0.2, 0) is 0 Å². The third-order valence-electron chi connectivity index (χ3n) is 2.58. The lowest BCUT2D eigenvalue weighted by molar-refractivity contribution is -0.385. The standard InChI is InChI=1S/C13H8ClFN2O4/c14-12-6-8(1-2-11(12)13(18)19)16-9-3-7(15)4-10(5-9)17(20)21/h1-6,16H,(H,18,19). The Bertz CT molecular complexity index is 736. The summed E-state index contributed by atoms with van der Waals surface area (Å²) in [7, 11) is 0. The van der Waals surface area contributed by atoms with Crippen molar-refractivity contribution in [3.8, 4) is 0 Å². The van der Waals surface area contributed by atoms with Crippen molar-refractivity contribution in [3.05, 3.63) is 62.9 Å². The number of non-ortho nitro benzene ring substituents is 1. The first-order valence-electron chi connectivity index (χ1n) is 5.61. The van der Waals surface area contributed by atoms with Gasteiger partial charge < -0.3 is 10.4 Å². The third kappa shape index (κ3) is 3.46. The Hall–Kier alpha value is -2.67. The van der Waals surface area contributed by atoms with Crippen LogP contribution in [-0.4, -0.2) is 16.0 Å². The van der Waals surface area contributed by atoms with E-state index in [1.54, 1.807) is 0 Å². The first-order chi connectivity index (χ1) is 9.86. The van der Waals surface area contributed by atoms with Gasteiger partial charge in [0.25, 0.3) is 5.69 Å². The number of nitrogens with one attached hydrogen (secondary N) is 1. The molecular formula is C13H8ClFN2O4. The molecule has 0 unspecified atom stereocenters. The number of carbonyl (C=O) groups is 1. The van der Waals surface area contributed by atoms with Crippen LogP contribution in [0.4, 0.5) is 21.5 Å². The number of carboxylic acid groups (broad SMARTS) is 1. The fourth-order valence-corrected chi connectivity index (χ4v) is 1.95. The van der Waals surface area contributed by atoms with Crippen LogP contribution >= 0.6 is 11.6 Å². The minimum absolute atomic E-state index is 0.00148. The Morgan fingerprint density at radius 2 is 1.95 bits per heavy atom. The maximum atomic E-state index is 13.3. The van der Waals surface area contributed by atoms with E-state index in [0.717, 1.165) is 18.2 Å². The molecule has 0 saturated heterocycles. The highest BCUT2D eigenvalue weighted by molar-refractivity contribution is 6.33. The number of hydrogen-bond acceptors (Lipinski definition) is 4. The van der Waals surface area contributed by atoms with Crippen molar-refractivity contribution < 1.29 is 19.2 Å². The largest absolute Gasteiger partial charge is 0.478 e. The monoisotopic (exact) mass is 310 g/mol. The van der Waals surface area contributed by atoms with Crippen molar-refractivity contribution in [1.29, 1.82) is 0 Å². The fourth-order valence-electron chi connectivity index (χ4n) is 1.68. The molecule has 2 N–H and O–H groups in total. The van der Waals surface area contributed by atoms with Crippen LogP contribution in [0.1, 0.15) is 10.4 Å². The van der Waals surface area contributed by atoms with Crippen LogP contribution < -0.4 is 5.32 Å². The van der Waals surface area contributed by atoms with Gasteiger partial charge in [0.05, 0.1) is 21.6 Å². The molecule has 2 aromatic carbocycles. The molecule has 21 heavy (non-hydrogen) atoms. The second-order valence-corrected chi connectivity index (χ2v) is 4.49. The van der Waals surface area contributed by atoms with Crippen LogP contribution in [0.15, 0.2) is 36.4 Å². The van der Waals surface area contributed by atoms with Crippen LogP contribution in [0.2, 0.25) is 5.02 Å². The molecule has 0 aliphatic rings. The maximum absolute atomic E-state index is 13.3. The Morgan fingerprint density at radius 3 is 2.52 bits per heavy atom. The predicted molar refractivity (Wildman–Crippen MR) is 74.7 cm³/mol. The quantitative estimate of drug-likeness (QED) is 0.661. The number of nitrogens with zero attached hydrogens (tertiary/aromatic N) is 1. The summed E-state index contributed by atoms with van der Waals surface area (Å²) in [6, 6.07) is 7.06. The number of nitro groups is 1. The van der Waals surface area contributed by atoms with Gasteiger partial charge in [-0.05, 0) is 24.3 Å². The predicted octanol–water partition coefficient (Wildman–Crippen LogP) is 3.83. The first-order valence-corrected chi connectivity index (χ1v) is 5.99. The van der Waals surface area contributed by atoms with Crippen LogP contribution in [0, 0.1) is 15.9 Å². The van der Waals surface area contributed by atoms with Crippen molar-refractivity contribution in [2.45, 2.75) is 0 Å². The van der Waals surface area contributed by atoms with Crippen LogP contribution in [0.3, 0.4) is 0 Å². The van der Waals surface area contributed by atoms with Gasteiger partial charge in [-0.2, -0.15) is 0 Å². The number of nitro benzene ring substituents is 1. The van der Waals surface area contributed by atoms with Gasteiger partial charge in [0, 0.05) is 17.4 Å². The second-order valence-electron chi connectivity index (χ2n) is 4.08. The third-order valence-corrected chi connectivity index (χ3v) is 2.89. The SMILES string of the molecule is O=C(O)c1ccc(Nc2cc(F)cc([N+](=O)[O-])c2)cc1Cl. The molecule has 0 spiro atoms. The van der Waals surface area contributed by atoms with Gasteiger partial charge in [-0.15, -0.1) is 0 Å². The molecule has 0 radical (unpaired) electrons. The zero-order valence-corrected chi connectivity index (χ0v) is 11.1. The maximum Gasteiger partial charge on any atom is 0.337 e. The summed E-state index contributed by atoms with van der Waals surface area (Å²) >= 11 is 5.80. The summed E-state index contributed by atoms with van der Waals surface area (Å²) in [5.74, 6) is -1.94. The molecule has 0 fully saturated rings. The average Bonchev–Trinajstić information content (AvgIpc) is 2.37. The second kappa shape index (κ2) is 5.76. The topological polar surface area (TPSA) is 92.5 Å². The van der Waals surface area contributed by atoms with Crippen molar-refractivity contribution in [2.75, 3.05) is 5.32 Å². The minimum atomic E-state index is -1.17. The van der Waals surface area contributed by atoms with E-state index in [4.69, 9.17) is 16.7 Å². The number of carboxylic acids is 1. The summed E-state index contributed by atoms with van der Waals surface area (Å²) in [5.41, 5.74) is 0.0592. The van der Waals surface area contributed by atoms with Gasteiger partial charge in [0.15, 0.2) is 0 Å². The van der Waals surface area contributed by atoms with Crippen LogP contribution in [0.5, 0.6) is 0 Å². The molecule has 0 heterocycles. The summed E-state index contributed by atoms with van der Waals surface area (Å²) < 4.78 is 13.3. The van der Waals surface area contributed by atoms with Crippen molar-refractivity contribution >= 4 is 34.6 Å². The number of benzene rings is 2. The van der Waals surface area contributed by atoms with E-state index in [2.05, 4.69) is 5.32 Å². The molecule has 0 amide bonds.